The van der Waals surface area contributed by atoms with Gasteiger partial charge in [-0.05, 0) is 43.3 Å². The van der Waals surface area contributed by atoms with E-state index in [9.17, 15) is 17.6 Å². The summed E-state index contributed by atoms with van der Waals surface area (Å²) < 4.78 is 56.0. The molecule has 1 saturated carbocycles. The van der Waals surface area contributed by atoms with Gasteiger partial charge in [-0.2, -0.15) is 13.2 Å². The number of alkyl halides is 3. The molecule has 1 aromatic carbocycles. The molecule has 2 atom stereocenters. The number of benzene rings is 1. The fourth-order valence-corrected chi connectivity index (χ4v) is 4.48. The molecule has 0 radical (unpaired) electrons. The summed E-state index contributed by atoms with van der Waals surface area (Å²) in [5, 5.41) is 5.67. The lowest BCUT2D eigenvalue weighted by molar-refractivity contribution is -0.182. The maximum Gasteiger partial charge on any atom is 0.391 e. The van der Waals surface area contributed by atoms with Gasteiger partial charge in [-0.1, -0.05) is 18.0 Å². The molecule has 2 aromatic rings. The molecule has 0 bridgehead atoms. The first-order valence-corrected chi connectivity index (χ1v) is 10.0. The van der Waals surface area contributed by atoms with Crippen LogP contribution in [-0.2, 0) is 0 Å². The minimum Gasteiger partial charge on any atom is -0.381 e. The number of hydrogen-bond donors (Lipinski definition) is 2. The summed E-state index contributed by atoms with van der Waals surface area (Å²) in [6.45, 7) is 0. The van der Waals surface area contributed by atoms with Gasteiger partial charge < -0.3 is 10.0 Å². The van der Waals surface area contributed by atoms with Crippen molar-refractivity contribution in [2.24, 2.45) is 5.92 Å². The van der Waals surface area contributed by atoms with Crippen LogP contribution in [0.25, 0.3) is 0 Å². The van der Waals surface area contributed by atoms with Crippen molar-refractivity contribution in [3.8, 4) is 0 Å². The van der Waals surface area contributed by atoms with Crippen molar-refractivity contribution in [3.63, 3.8) is 0 Å². The molecule has 3 rings (SSSR count). The smallest absolute Gasteiger partial charge is 0.381 e. The SMILES string of the molecule is Fc1cc(NC2CCCC(C(F)(F)F)C2)c(Cl)cc1SNc1nccs1. The third-order valence-corrected chi connectivity index (χ3v) is 6.16. The number of rotatable bonds is 5. The summed E-state index contributed by atoms with van der Waals surface area (Å²) in [6.07, 6.45) is -1.37. The molecule has 2 unspecified atom stereocenters. The third-order valence-electron chi connectivity index (χ3n) is 4.20. The first-order chi connectivity index (χ1) is 12.3. The van der Waals surface area contributed by atoms with Crippen molar-refractivity contribution in [1.29, 1.82) is 0 Å². The van der Waals surface area contributed by atoms with E-state index >= 15 is 0 Å². The van der Waals surface area contributed by atoms with E-state index in [0.717, 1.165) is 11.9 Å². The maximum atomic E-state index is 14.3. The van der Waals surface area contributed by atoms with E-state index in [-0.39, 0.29) is 28.8 Å². The van der Waals surface area contributed by atoms with Gasteiger partial charge >= 0.3 is 6.18 Å². The Hall–Kier alpha value is -1.19. The molecular formula is C16H16ClF4N3S2. The molecule has 0 saturated heterocycles. The number of aromatic nitrogens is 1. The van der Waals surface area contributed by atoms with E-state index in [1.165, 1.54) is 23.5 Å². The minimum atomic E-state index is -4.20. The molecule has 1 heterocycles. The topological polar surface area (TPSA) is 37.0 Å². The Morgan fingerprint density at radius 2 is 2.08 bits per heavy atom. The first-order valence-electron chi connectivity index (χ1n) is 7.97. The molecular weight excluding hydrogens is 410 g/mol. The third kappa shape index (κ3) is 4.95. The maximum absolute atomic E-state index is 14.3. The Morgan fingerprint density at radius 3 is 2.77 bits per heavy atom. The second kappa shape index (κ2) is 8.22. The predicted molar refractivity (Wildman–Crippen MR) is 98.4 cm³/mol. The van der Waals surface area contributed by atoms with E-state index in [0.29, 0.717) is 23.7 Å². The summed E-state index contributed by atoms with van der Waals surface area (Å²) in [7, 11) is 0. The van der Waals surface area contributed by atoms with Crippen LogP contribution < -0.4 is 10.0 Å². The van der Waals surface area contributed by atoms with Gasteiger partial charge in [-0.15, -0.1) is 11.3 Å². The Balaban J connectivity index is 1.66. The highest BCUT2D eigenvalue weighted by Gasteiger charge is 2.42. The molecule has 1 aromatic heterocycles. The highest BCUT2D eigenvalue weighted by Crippen LogP contribution is 2.39. The number of thiazole rings is 1. The monoisotopic (exact) mass is 425 g/mol. The highest BCUT2D eigenvalue weighted by molar-refractivity contribution is 8.00. The van der Waals surface area contributed by atoms with Gasteiger partial charge in [-0.25, -0.2) is 9.37 Å². The molecule has 1 aliphatic rings. The number of anilines is 2. The van der Waals surface area contributed by atoms with Crippen molar-refractivity contribution < 1.29 is 17.6 Å². The van der Waals surface area contributed by atoms with Crippen molar-refractivity contribution in [2.45, 2.75) is 42.8 Å². The van der Waals surface area contributed by atoms with Crippen LogP contribution in [-0.4, -0.2) is 17.2 Å². The summed E-state index contributed by atoms with van der Waals surface area (Å²) >= 11 is 8.62. The average Bonchev–Trinajstić information content (AvgIpc) is 3.09. The lowest BCUT2D eigenvalue weighted by atomic mass is 9.85. The van der Waals surface area contributed by atoms with Crippen LogP contribution in [0.15, 0.2) is 28.6 Å². The van der Waals surface area contributed by atoms with E-state index < -0.39 is 17.9 Å². The molecule has 0 amide bonds. The summed E-state index contributed by atoms with van der Waals surface area (Å²) in [6, 6.07) is 2.30. The van der Waals surface area contributed by atoms with Crippen LogP contribution in [0, 0.1) is 11.7 Å². The lowest BCUT2D eigenvalue weighted by Crippen LogP contribution is -2.34. The summed E-state index contributed by atoms with van der Waals surface area (Å²) in [5.41, 5.74) is 0.315. The number of nitrogens with one attached hydrogen (secondary N) is 2. The highest BCUT2D eigenvalue weighted by atomic mass is 35.5. The summed E-state index contributed by atoms with van der Waals surface area (Å²) in [5.74, 6) is -1.83. The molecule has 2 N–H and O–H groups in total. The van der Waals surface area contributed by atoms with E-state index in [2.05, 4.69) is 15.0 Å². The molecule has 10 heteroatoms. The van der Waals surface area contributed by atoms with E-state index in [4.69, 9.17) is 11.6 Å². The Kier molecular flexibility index (Phi) is 6.19. The lowest BCUT2D eigenvalue weighted by Gasteiger charge is -2.31. The second-order valence-corrected chi connectivity index (χ2v) is 8.20. The number of nitrogens with zero attached hydrogens (tertiary/aromatic N) is 1. The molecule has 0 aliphatic heterocycles. The predicted octanol–water partition coefficient (Wildman–Crippen LogP) is 6.59. The Bertz CT molecular complexity index is 740. The molecule has 0 spiro atoms. The van der Waals surface area contributed by atoms with Gasteiger partial charge in [0, 0.05) is 17.6 Å². The molecule has 142 valence electrons. The van der Waals surface area contributed by atoms with Crippen molar-refractivity contribution in [2.75, 3.05) is 10.0 Å². The average molecular weight is 426 g/mol. The van der Waals surface area contributed by atoms with Gasteiger partial charge in [0.15, 0.2) is 5.13 Å². The van der Waals surface area contributed by atoms with Crippen LogP contribution in [0.3, 0.4) is 0 Å². The second-order valence-electron chi connectivity index (χ2n) is 6.05. The Morgan fingerprint density at radius 1 is 1.27 bits per heavy atom. The minimum absolute atomic E-state index is 0.0243. The zero-order valence-electron chi connectivity index (χ0n) is 13.4. The Labute approximate surface area is 161 Å². The van der Waals surface area contributed by atoms with E-state index in [1.807, 2.05) is 0 Å². The molecule has 26 heavy (non-hydrogen) atoms. The van der Waals surface area contributed by atoms with Crippen LogP contribution in [0.4, 0.5) is 28.4 Å². The van der Waals surface area contributed by atoms with Crippen molar-refractivity contribution in [3.05, 3.63) is 34.5 Å². The largest absolute Gasteiger partial charge is 0.391 e. The first kappa shape index (κ1) is 19.6. The van der Waals surface area contributed by atoms with Crippen molar-refractivity contribution >= 4 is 45.7 Å². The summed E-state index contributed by atoms with van der Waals surface area (Å²) in [4.78, 5) is 4.32. The molecule has 1 aliphatic carbocycles. The van der Waals surface area contributed by atoms with Crippen LogP contribution >= 0.6 is 34.9 Å². The normalized spacial score (nSPS) is 20.8. The fourth-order valence-electron chi connectivity index (χ4n) is 2.93. The van der Waals surface area contributed by atoms with Gasteiger partial charge in [-0.3, -0.25) is 0 Å². The quantitative estimate of drug-likeness (QED) is 0.418. The van der Waals surface area contributed by atoms with Crippen LogP contribution in [0.5, 0.6) is 0 Å². The van der Waals surface area contributed by atoms with E-state index in [1.54, 1.807) is 11.6 Å². The fraction of sp³-hybridized carbons (Fsp3) is 0.438. The van der Waals surface area contributed by atoms with Gasteiger partial charge in [0.1, 0.15) is 5.82 Å². The van der Waals surface area contributed by atoms with Gasteiger partial charge in [0.05, 0.1) is 21.5 Å². The van der Waals surface area contributed by atoms with Crippen LogP contribution in [0.1, 0.15) is 25.7 Å². The number of halogens is 5. The number of hydrogen-bond acceptors (Lipinski definition) is 5. The van der Waals surface area contributed by atoms with Gasteiger partial charge in [0.2, 0.25) is 0 Å². The van der Waals surface area contributed by atoms with Crippen molar-refractivity contribution in [1.82, 2.24) is 4.98 Å². The zero-order valence-corrected chi connectivity index (χ0v) is 15.8. The standard InChI is InChI=1S/C16H16ClF4N3S2/c17-11-7-14(26-24-15-22-4-5-25-15)12(18)8-13(11)23-10-3-1-2-9(6-10)16(19,20)21/h4-5,7-10,23H,1-3,6H2,(H,22,24). The van der Waals surface area contributed by atoms with Crippen LogP contribution in [0.2, 0.25) is 5.02 Å². The molecule has 1 fully saturated rings. The van der Waals surface area contributed by atoms with Gasteiger partial charge in [0.25, 0.3) is 0 Å². The molecule has 3 nitrogen and oxygen atoms in total. The zero-order chi connectivity index (χ0) is 18.7.